The first-order valence-electron chi connectivity index (χ1n) is 6.73. The van der Waals surface area contributed by atoms with E-state index in [-0.39, 0.29) is 5.54 Å². The molecule has 0 unspecified atom stereocenters. The Balaban J connectivity index is 2.13. The Morgan fingerprint density at radius 1 is 1.10 bits per heavy atom. The van der Waals surface area contributed by atoms with Crippen LogP contribution >= 0.6 is 11.8 Å². The van der Waals surface area contributed by atoms with Crippen molar-refractivity contribution in [2.45, 2.75) is 49.8 Å². The fraction of sp³-hybridized carbons (Fsp3) is 0.375. The van der Waals surface area contributed by atoms with E-state index in [1.165, 1.54) is 10.5 Å². The van der Waals surface area contributed by atoms with Crippen molar-refractivity contribution in [1.29, 1.82) is 0 Å². The van der Waals surface area contributed by atoms with E-state index in [0.29, 0.717) is 0 Å². The lowest BCUT2D eigenvalue weighted by molar-refractivity contribution is 0.422. The topological polar surface area (TPSA) is 37.8 Å². The van der Waals surface area contributed by atoms with Crippen LogP contribution in [-0.4, -0.2) is 15.5 Å². The lowest BCUT2D eigenvalue weighted by Crippen LogP contribution is -2.35. The van der Waals surface area contributed by atoms with Crippen molar-refractivity contribution >= 4 is 11.8 Å². The molecule has 0 aliphatic carbocycles. The number of nitrogens with zero attached hydrogens (tertiary/aromatic N) is 2. The molecule has 1 heterocycles. The van der Waals surface area contributed by atoms with Crippen LogP contribution in [0.15, 0.2) is 46.7 Å². The number of aromatic nitrogens is 2. The van der Waals surface area contributed by atoms with Gasteiger partial charge in [0.05, 0.1) is 0 Å². The van der Waals surface area contributed by atoms with Gasteiger partial charge in [0.25, 0.3) is 0 Å². The number of hydrogen-bond acceptors (Lipinski definition) is 4. The first-order chi connectivity index (χ1) is 9.44. The van der Waals surface area contributed by atoms with Crippen LogP contribution in [0.5, 0.6) is 0 Å². The zero-order chi connectivity index (χ0) is 14.6. The smallest absolute Gasteiger partial charge is 0.192 e. The second-order valence-corrected chi connectivity index (χ2v) is 6.87. The van der Waals surface area contributed by atoms with Crippen molar-refractivity contribution in [2.24, 2.45) is 0 Å². The highest BCUT2D eigenvalue weighted by atomic mass is 32.2. The predicted molar refractivity (Wildman–Crippen MR) is 83.9 cm³/mol. The summed E-state index contributed by atoms with van der Waals surface area (Å²) in [5, 5.41) is 4.31. The number of hydrogen-bond donors (Lipinski definition) is 1. The lowest BCUT2D eigenvalue weighted by Gasteiger charge is -2.21. The molecule has 0 fully saturated rings. The van der Waals surface area contributed by atoms with Gasteiger partial charge in [-0.1, -0.05) is 18.2 Å². The SMILES string of the molecule is Cc1cnc(Sc2ccccc2CNC(C)(C)C)nc1. The van der Waals surface area contributed by atoms with Gasteiger partial charge in [0.15, 0.2) is 5.16 Å². The molecule has 0 atom stereocenters. The molecule has 4 heteroatoms. The quantitative estimate of drug-likeness (QED) is 0.867. The molecule has 1 aromatic carbocycles. The largest absolute Gasteiger partial charge is 0.308 e. The monoisotopic (exact) mass is 287 g/mol. The van der Waals surface area contributed by atoms with E-state index in [9.17, 15) is 0 Å². The Hall–Kier alpha value is -1.39. The van der Waals surface area contributed by atoms with E-state index < -0.39 is 0 Å². The molecular formula is C16H21N3S. The molecule has 20 heavy (non-hydrogen) atoms. The Morgan fingerprint density at radius 2 is 1.75 bits per heavy atom. The summed E-state index contributed by atoms with van der Waals surface area (Å²) < 4.78 is 0. The van der Waals surface area contributed by atoms with E-state index in [2.05, 4.69) is 60.3 Å². The molecule has 1 N–H and O–H groups in total. The van der Waals surface area contributed by atoms with Crippen molar-refractivity contribution in [3.05, 3.63) is 47.8 Å². The van der Waals surface area contributed by atoms with Gasteiger partial charge < -0.3 is 5.32 Å². The summed E-state index contributed by atoms with van der Waals surface area (Å²) in [5.74, 6) is 0. The zero-order valence-corrected chi connectivity index (χ0v) is 13.3. The van der Waals surface area contributed by atoms with E-state index >= 15 is 0 Å². The van der Waals surface area contributed by atoms with E-state index in [1.807, 2.05) is 19.3 Å². The highest BCUT2D eigenvalue weighted by Crippen LogP contribution is 2.27. The molecule has 0 spiro atoms. The summed E-state index contributed by atoms with van der Waals surface area (Å²) in [6, 6.07) is 8.39. The molecule has 0 bridgehead atoms. The second kappa shape index (κ2) is 6.37. The molecule has 1 aromatic heterocycles. The Bertz CT molecular complexity index is 559. The van der Waals surface area contributed by atoms with Gasteiger partial charge in [-0.3, -0.25) is 0 Å². The summed E-state index contributed by atoms with van der Waals surface area (Å²) in [6.45, 7) is 9.36. The van der Waals surface area contributed by atoms with Gasteiger partial charge in [-0.25, -0.2) is 9.97 Å². The molecule has 0 amide bonds. The van der Waals surface area contributed by atoms with Crippen LogP contribution in [-0.2, 0) is 6.54 Å². The summed E-state index contributed by atoms with van der Waals surface area (Å²) in [7, 11) is 0. The van der Waals surface area contributed by atoms with Crippen LogP contribution in [0.4, 0.5) is 0 Å². The Morgan fingerprint density at radius 3 is 2.40 bits per heavy atom. The van der Waals surface area contributed by atoms with Gasteiger partial charge in [0.1, 0.15) is 0 Å². The van der Waals surface area contributed by atoms with Gasteiger partial charge in [0.2, 0.25) is 0 Å². The first kappa shape index (κ1) is 15.0. The Kier molecular flexibility index (Phi) is 4.78. The number of benzene rings is 1. The second-order valence-electron chi connectivity index (χ2n) is 5.86. The molecule has 0 aliphatic heterocycles. The van der Waals surface area contributed by atoms with Crippen molar-refractivity contribution in [1.82, 2.24) is 15.3 Å². The molecule has 0 saturated carbocycles. The number of nitrogens with one attached hydrogen (secondary N) is 1. The highest BCUT2D eigenvalue weighted by Gasteiger charge is 2.11. The molecule has 0 radical (unpaired) electrons. The van der Waals surface area contributed by atoms with Crippen LogP contribution in [0.2, 0.25) is 0 Å². The summed E-state index contributed by atoms with van der Waals surface area (Å²) in [5.41, 5.74) is 2.46. The molecule has 2 aromatic rings. The maximum atomic E-state index is 4.35. The third kappa shape index (κ3) is 4.62. The van der Waals surface area contributed by atoms with E-state index in [1.54, 1.807) is 11.8 Å². The maximum absolute atomic E-state index is 4.35. The van der Waals surface area contributed by atoms with E-state index in [0.717, 1.165) is 17.3 Å². The van der Waals surface area contributed by atoms with Gasteiger partial charge >= 0.3 is 0 Å². The summed E-state index contributed by atoms with van der Waals surface area (Å²) in [4.78, 5) is 9.91. The average molecular weight is 287 g/mol. The minimum absolute atomic E-state index is 0.109. The zero-order valence-electron chi connectivity index (χ0n) is 12.5. The van der Waals surface area contributed by atoms with Gasteiger partial charge in [-0.15, -0.1) is 0 Å². The highest BCUT2D eigenvalue weighted by molar-refractivity contribution is 7.99. The van der Waals surface area contributed by atoms with Crippen LogP contribution in [0.1, 0.15) is 31.9 Å². The molecule has 0 aliphatic rings. The summed E-state index contributed by atoms with van der Waals surface area (Å²) >= 11 is 1.61. The third-order valence-electron chi connectivity index (χ3n) is 2.74. The standard InChI is InChI=1S/C16H21N3S/c1-12-9-17-15(18-10-12)20-14-8-6-5-7-13(14)11-19-16(2,3)4/h5-10,19H,11H2,1-4H3. The van der Waals surface area contributed by atoms with Crippen molar-refractivity contribution in [3.8, 4) is 0 Å². The van der Waals surface area contributed by atoms with Gasteiger partial charge in [-0.05, 0) is 56.7 Å². The number of aryl methyl sites for hydroxylation is 1. The average Bonchev–Trinajstić information content (AvgIpc) is 2.39. The fourth-order valence-electron chi connectivity index (χ4n) is 1.64. The number of rotatable bonds is 4. The molecule has 106 valence electrons. The Labute approximate surface area is 125 Å². The fourth-order valence-corrected chi connectivity index (χ4v) is 2.47. The molecule has 2 rings (SSSR count). The van der Waals surface area contributed by atoms with Gasteiger partial charge in [0, 0.05) is 29.4 Å². The van der Waals surface area contributed by atoms with Crippen molar-refractivity contribution in [2.75, 3.05) is 0 Å². The minimum Gasteiger partial charge on any atom is -0.308 e. The van der Waals surface area contributed by atoms with Crippen LogP contribution in [0, 0.1) is 6.92 Å². The van der Waals surface area contributed by atoms with Crippen LogP contribution in [0.3, 0.4) is 0 Å². The maximum Gasteiger partial charge on any atom is 0.192 e. The van der Waals surface area contributed by atoms with Gasteiger partial charge in [-0.2, -0.15) is 0 Å². The lowest BCUT2D eigenvalue weighted by atomic mass is 10.1. The van der Waals surface area contributed by atoms with E-state index in [4.69, 9.17) is 0 Å². The third-order valence-corrected chi connectivity index (χ3v) is 3.75. The summed E-state index contributed by atoms with van der Waals surface area (Å²) in [6.07, 6.45) is 3.71. The first-order valence-corrected chi connectivity index (χ1v) is 7.55. The normalized spacial score (nSPS) is 11.6. The molecule has 3 nitrogen and oxygen atoms in total. The van der Waals surface area contributed by atoms with Crippen molar-refractivity contribution in [3.63, 3.8) is 0 Å². The van der Waals surface area contributed by atoms with Crippen LogP contribution in [0.25, 0.3) is 0 Å². The van der Waals surface area contributed by atoms with Crippen molar-refractivity contribution < 1.29 is 0 Å². The molecule has 0 saturated heterocycles. The predicted octanol–water partition coefficient (Wildman–Crippen LogP) is 3.82. The minimum atomic E-state index is 0.109. The van der Waals surface area contributed by atoms with Crippen LogP contribution < -0.4 is 5.32 Å². The molecular weight excluding hydrogens is 266 g/mol.